The van der Waals surface area contributed by atoms with E-state index in [9.17, 15) is 13.6 Å². The summed E-state index contributed by atoms with van der Waals surface area (Å²) in [4.78, 5) is 12.3. The fourth-order valence-corrected chi connectivity index (χ4v) is 2.19. The molecule has 3 aromatic rings. The fourth-order valence-electron chi connectivity index (χ4n) is 2.19. The molecule has 0 saturated carbocycles. The highest BCUT2D eigenvalue weighted by Crippen LogP contribution is 2.25. The van der Waals surface area contributed by atoms with E-state index in [0.29, 0.717) is 11.3 Å². The standard InChI is InChI=1S/C17H13F2N3O2/c1-24-16-10-13(18)15(9-14(16)19)21-17(23)11-4-2-5-12(8-11)22-7-3-6-20-22/h2-10H,1H3,(H,21,23). The van der Waals surface area contributed by atoms with Crippen LogP contribution in [0.2, 0.25) is 0 Å². The van der Waals surface area contributed by atoms with Crippen LogP contribution in [0.15, 0.2) is 54.9 Å². The van der Waals surface area contributed by atoms with E-state index in [1.54, 1.807) is 47.4 Å². The van der Waals surface area contributed by atoms with Crippen molar-refractivity contribution in [3.05, 3.63) is 72.1 Å². The molecule has 0 spiro atoms. The number of halogens is 2. The molecule has 0 unspecified atom stereocenters. The maximum atomic E-state index is 13.9. The van der Waals surface area contributed by atoms with Gasteiger partial charge >= 0.3 is 0 Å². The van der Waals surface area contributed by atoms with Gasteiger partial charge in [-0.2, -0.15) is 5.10 Å². The van der Waals surface area contributed by atoms with Crippen LogP contribution >= 0.6 is 0 Å². The lowest BCUT2D eigenvalue weighted by atomic mass is 10.1. The lowest BCUT2D eigenvalue weighted by molar-refractivity contribution is 0.102. The summed E-state index contributed by atoms with van der Waals surface area (Å²) in [6, 6.07) is 10.1. The summed E-state index contributed by atoms with van der Waals surface area (Å²) >= 11 is 0. The van der Waals surface area contributed by atoms with Crippen LogP contribution in [0, 0.1) is 11.6 Å². The van der Waals surface area contributed by atoms with Gasteiger partial charge < -0.3 is 10.1 Å². The van der Waals surface area contributed by atoms with Crippen molar-refractivity contribution in [2.75, 3.05) is 12.4 Å². The molecule has 0 aliphatic carbocycles. The van der Waals surface area contributed by atoms with Crippen molar-refractivity contribution in [2.24, 2.45) is 0 Å². The van der Waals surface area contributed by atoms with Crippen molar-refractivity contribution >= 4 is 11.6 Å². The molecule has 3 rings (SSSR count). The summed E-state index contributed by atoms with van der Waals surface area (Å²) in [5, 5.41) is 6.43. The molecule has 0 radical (unpaired) electrons. The molecular weight excluding hydrogens is 316 g/mol. The predicted octanol–water partition coefficient (Wildman–Crippen LogP) is 3.41. The van der Waals surface area contributed by atoms with Gasteiger partial charge in [0.05, 0.1) is 18.5 Å². The van der Waals surface area contributed by atoms with Crippen molar-refractivity contribution in [1.29, 1.82) is 0 Å². The Morgan fingerprint density at radius 3 is 2.71 bits per heavy atom. The third-order valence-electron chi connectivity index (χ3n) is 3.37. The first kappa shape index (κ1) is 15.7. The molecule has 24 heavy (non-hydrogen) atoms. The quantitative estimate of drug-likeness (QED) is 0.798. The van der Waals surface area contributed by atoms with E-state index in [4.69, 9.17) is 4.74 Å². The van der Waals surface area contributed by atoms with Crippen molar-refractivity contribution in [2.45, 2.75) is 0 Å². The Balaban J connectivity index is 1.86. The molecule has 1 amide bonds. The molecule has 1 aromatic heterocycles. The van der Waals surface area contributed by atoms with Gasteiger partial charge in [0.25, 0.3) is 5.91 Å². The highest BCUT2D eigenvalue weighted by molar-refractivity contribution is 6.04. The minimum absolute atomic E-state index is 0.230. The first-order valence-corrected chi connectivity index (χ1v) is 7.03. The van der Waals surface area contributed by atoms with Gasteiger partial charge in [0, 0.05) is 30.1 Å². The van der Waals surface area contributed by atoms with Gasteiger partial charge in [-0.1, -0.05) is 6.07 Å². The molecule has 0 fully saturated rings. The number of rotatable bonds is 4. The lowest BCUT2D eigenvalue weighted by Gasteiger charge is -2.10. The number of ether oxygens (including phenoxy) is 1. The Bertz CT molecular complexity index is 880. The van der Waals surface area contributed by atoms with E-state index in [0.717, 1.165) is 12.1 Å². The number of methoxy groups -OCH3 is 1. The Labute approximate surface area is 136 Å². The highest BCUT2D eigenvalue weighted by atomic mass is 19.1. The lowest BCUT2D eigenvalue weighted by Crippen LogP contribution is -2.14. The van der Waals surface area contributed by atoms with Gasteiger partial charge in [0.1, 0.15) is 0 Å². The maximum absolute atomic E-state index is 13.9. The van der Waals surface area contributed by atoms with Crippen molar-refractivity contribution in [1.82, 2.24) is 9.78 Å². The van der Waals surface area contributed by atoms with Crippen LogP contribution in [-0.2, 0) is 0 Å². The number of carbonyl (C=O) groups excluding carboxylic acids is 1. The molecule has 5 nitrogen and oxygen atoms in total. The van der Waals surface area contributed by atoms with Gasteiger partial charge in [-0.25, -0.2) is 13.5 Å². The van der Waals surface area contributed by atoms with E-state index in [2.05, 4.69) is 10.4 Å². The molecule has 0 atom stereocenters. The smallest absolute Gasteiger partial charge is 0.255 e. The fraction of sp³-hybridized carbons (Fsp3) is 0.0588. The summed E-state index contributed by atoms with van der Waals surface area (Å²) in [5.41, 5.74) is 0.704. The molecule has 0 bridgehead atoms. The molecule has 1 N–H and O–H groups in total. The minimum atomic E-state index is -0.787. The molecule has 122 valence electrons. The minimum Gasteiger partial charge on any atom is -0.494 e. The van der Waals surface area contributed by atoms with Crippen LogP contribution in [0.5, 0.6) is 5.75 Å². The number of nitrogens with one attached hydrogen (secondary N) is 1. The molecule has 2 aromatic carbocycles. The van der Waals surface area contributed by atoms with Crippen LogP contribution in [0.1, 0.15) is 10.4 Å². The summed E-state index contributed by atoms with van der Waals surface area (Å²) < 4.78 is 33.9. The van der Waals surface area contributed by atoms with E-state index in [1.807, 2.05) is 0 Å². The second kappa shape index (κ2) is 6.49. The number of hydrogen-bond donors (Lipinski definition) is 1. The Hall–Kier alpha value is -3.22. The van der Waals surface area contributed by atoms with Gasteiger partial charge in [0.2, 0.25) is 0 Å². The number of nitrogens with zero attached hydrogens (tertiary/aromatic N) is 2. The zero-order chi connectivity index (χ0) is 17.1. The third kappa shape index (κ3) is 3.10. The SMILES string of the molecule is COc1cc(F)c(NC(=O)c2cccc(-n3cccn3)c2)cc1F. The van der Waals surface area contributed by atoms with Crippen molar-refractivity contribution in [3.8, 4) is 11.4 Å². The average molecular weight is 329 g/mol. The Kier molecular flexibility index (Phi) is 4.24. The number of benzene rings is 2. The summed E-state index contributed by atoms with van der Waals surface area (Å²) in [6.07, 6.45) is 3.35. The summed E-state index contributed by atoms with van der Waals surface area (Å²) in [5.74, 6) is -2.34. The monoisotopic (exact) mass is 329 g/mol. The number of aromatic nitrogens is 2. The molecule has 1 heterocycles. The van der Waals surface area contributed by atoms with Crippen LogP contribution in [0.4, 0.5) is 14.5 Å². The zero-order valence-corrected chi connectivity index (χ0v) is 12.7. The van der Waals surface area contributed by atoms with E-state index in [-0.39, 0.29) is 11.4 Å². The largest absolute Gasteiger partial charge is 0.494 e. The van der Waals surface area contributed by atoms with Crippen LogP contribution in [0.25, 0.3) is 5.69 Å². The highest BCUT2D eigenvalue weighted by Gasteiger charge is 2.14. The van der Waals surface area contributed by atoms with Gasteiger partial charge in [-0.3, -0.25) is 4.79 Å². The normalized spacial score (nSPS) is 10.5. The number of hydrogen-bond acceptors (Lipinski definition) is 3. The van der Waals surface area contributed by atoms with Gasteiger partial charge in [-0.15, -0.1) is 0 Å². The second-order valence-corrected chi connectivity index (χ2v) is 4.92. The summed E-state index contributed by atoms with van der Waals surface area (Å²) in [7, 11) is 1.23. The number of carbonyl (C=O) groups is 1. The molecule has 0 aliphatic heterocycles. The van der Waals surface area contributed by atoms with Crippen LogP contribution in [-0.4, -0.2) is 22.8 Å². The molecule has 7 heteroatoms. The average Bonchev–Trinajstić information content (AvgIpc) is 3.12. The van der Waals surface area contributed by atoms with E-state index >= 15 is 0 Å². The van der Waals surface area contributed by atoms with Gasteiger partial charge in [-0.05, 0) is 24.3 Å². The van der Waals surface area contributed by atoms with Crippen molar-refractivity contribution in [3.63, 3.8) is 0 Å². The number of amides is 1. The third-order valence-corrected chi connectivity index (χ3v) is 3.37. The summed E-state index contributed by atoms with van der Waals surface area (Å²) in [6.45, 7) is 0. The van der Waals surface area contributed by atoms with E-state index in [1.165, 1.54) is 7.11 Å². The second-order valence-electron chi connectivity index (χ2n) is 4.92. The maximum Gasteiger partial charge on any atom is 0.255 e. The zero-order valence-electron chi connectivity index (χ0n) is 12.7. The Morgan fingerprint density at radius 2 is 2.00 bits per heavy atom. The number of anilines is 1. The first-order valence-electron chi connectivity index (χ1n) is 7.03. The van der Waals surface area contributed by atoms with Crippen LogP contribution < -0.4 is 10.1 Å². The van der Waals surface area contributed by atoms with E-state index < -0.39 is 17.5 Å². The van der Waals surface area contributed by atoms with Crippen molar-refractivity contribution < 1.29 is 18.3 Å². The Morgan fingerprint density at radius 1 is 1.17 bits per heavy atom. The molecule has 0 aliphatic rings. The van der Waals surface area contributed by atoms with Gasteiger partial charge in [0.15, 0.2) is 17.4 Å². The predicted molar refractivity (Wildman–Crippen MR) is 84.4 cm³/mol. The van der Waals surface area contributed by atoms with Crippen LogP contribution in [0.3, 0.4) is 0 Å². The topological polar surface area (TPSA) is 56.1 Å². The molecular formula is C17H13F2N3O2. The first-order chi connectivity index (χ1) is 11.6. The molecule has 0 saturated heterocycles.